The molecule has 2 saturated carbocycles. The number of hydrogen-bond acceptors (Lipinski definition) is 4. The summed E-state index contributed by atoms with van der Waals surface area (Å²) in [6, 6.07) is 3.84. The van der Waals surface area contributed by atoms with Crippen molar-refractivity contribution in [2.24, 2.45) is 16.9 Å². The van der Waals surface area contributed by atoms with Gasteiger partial charge in [0.2, 0.25) is 0 Å². The SMILES string of the molecule is O=C(N/N=C1/C[C@@H]2CC[C@H]1C2)c1cc(O)ccc1O. The Hall–Kier alpha value is -2.04. The third-order valence-electron chi connectivity index (χ3n) is 4.04. The molecule has 100 valence electrons. The molecule has 19 heavy (non-hydrogen) atoms. The fourth-order valence-electron chi connectivity index (χ4n) is 3.05. The minimum Gasteiger partial charge on any atom is -0.508 e. The molecule has 2 aliphatic rings. The Balaban J connectivity index is 1.72. The number of benzene rings is 1. The van der Waals surface area contributed by atoms with Gasteiger partial charge in [-0.25, -0.2) is 5.43 Å². The summed E-state index contributed by atoms with van der Waals surface area (Å²) in [5, 5.41) is 23.1. The maximum Gasteiger partial charge on any atom is 0.275 e. The van der Waals surface area contributed by atoms with E-state index in [1.807, 2.05) is 0 Å². The number of nitrogens with one attached hydrogen (secondary N) is 1. The van der Waals surface area contributed by atoms with E-state index < -0.39 is 5.91 Å². The van der Waals surface area contributed by atoms with E-state index in [0.717, 1.165) is 24.5 Å². The molecule has 5 heteroatoms. The van der Waals surface area contributed by atoms with Gasteiger partial charge in [0.1, 0.15) is 11.5 Å². The van der Waals surface area contributed by atoms with Crippen molar-refractivity contribution in [3.8, 4) is 11.5 Å². The molecule has 0 spiro atoms. The van der Waals surface area contributed by atoms with Crippen LogP contribution in [-0.2, 0) is 0 Å². The summed E-state index contributed by atoms with van der Waals surface area (Å²) >= 11 is 0. The van der Waals surface area contributed by atoms with E-state index in [0.29, 0.717) is 5.92 Å². The number of nitrogens with zero attached hydrogens (tertiary/aromatic N) is 1. The first-order valence-electron chi connectivity index (χ1n) is 6.52. The summed E-state index contributed by atoms with van der Waals surface area (Å²) in [6.07, 6.45) is 4.59. The van der Waals surface area contributed by atoms with Crippen molar-refractivity contribution in [3.63, 3.8) is 0 Å². The Kier molecular flexibility index (Phi) is 2.89. The molecule has 2 bridgehead atoms. The summed E-state index contributed by atoms with van der Waals surface area (Å²) in [5.74, 6) is 0.528. The number of hydrogen-bond donors (Lipinski definition) is 3. The highest BCUT2D eigenvalue weighted by Crippen LogP contribution is 2.42. The van der Waals surface area contributed by atoms with Gasteiger partial charge in [-0.15, -0.1) is 0 Å². The summed E-state index contributed by atoms with van der Waals surface area (Å²) in [4.78, 5) is 11.9. The average molecular weight is 260 g/mol. The Morgan fingerprint density at radius 1 is 1.32 bits per heavy atom. The van der Waals surface area contributed by atoms with Crippen LogP contribution in [0.3, 0.4) is 0 Å². The van der Waals surface area contributed by atoms with Crippen LogP contribution in [0.1, 0.15) is 36.0 Å². The van der Waals surface area contributed by atoms with Crippen LogP contribution in [0.25, 0.3) is 0 Å². The van der Waals surface area contributed by atoms with Crippen LogP contribution in [0.5, 0.6) is 11.5 Å². The highest BCUT2D eigenvalue weighted by Gasteiger charge is 2.36. The van der Waals surface area contributed by atoms with E-state index in [4.69, 9.17) is 0 Å². The van der Waals surface area contributed by atoms with Crippen LogP contribution in [0.15, 0.2) is 23.3 Å². The molecule has 0 unspecified atom stereocenters. The number of phenolic OH excluding ortho intramolecular Hbond substituents is 2. The van der Waals surface area contributed by atoms with Crippen LogP contribution < -0.4 is 5.43 Å². The summed E-state index contributed by atoms with van der Waals surface area (Å²) < 4.78 is 0. The zero-order valence-corrected chi connectivity index (χ0v) is 10.5. The Morgan fingerprint density at radius 2 is 2.16 bits per heavy atom. The molecule has 1 aromatic rings. The molecule has 0 aromatic heterocycles. The molecule has 0 radical (unpaired) electrons. The van der Waals surface area contributed by atoms with E-state index in [-0.39, 0.29) is 17.1 Å². The maximum absolute atomic E-state index is 11.9. The predicted octanol–water partition coefficient (Wildman–Crippen LogP) is 2.00. The number of carbonyl (C=O) groups excluding carboxylic acids is 1. The minimum atomic E-state index is -0.497. The normalized spacial score (nSPS) is 26.8. The van der Waals surface area contributed by atoms with Crippen molar-refractivity contribution in [1.29, 1.82) is 0 Å². The Labute approximate surface area is 111 Å². The zero-order chi connectivity index (χ0) is 13.4. The zero-order valence-electron chi connectivity index (χ0n) is 10.5. The Morgan fingerprint density at radius 3 is 2.84 bits per heavy atom. The molecular formula is C14H16N2O3. The molecule has 2 fully saturated rings. The van der Waals surface area contributed by atoms with Crippen LogP contribution >= 0.6 is 0 Å². The van der Waals surface area contributed by atoms with E-state index in [9.17, 15) is 15.0 Å². The monoisotopic (exact) mass is 260 g/mol. The van der Waals surface area contributed by atoms with Gasteiger partial charge in [0.15, 0.2) is 0 Å². The molecule has 2 atom stereocenters. The van der Waals surface area contributed by atoms with E-state index in [1.54, 1.807) is 0 Å². The summed E-state index contributed by atoms with van der Waals surface area (Å²) in [5.41, 5.74) is 3.57. The lowest BCUT2D eigenvalue weighted by molar-refractivity contribution is 0.0951. The smallest absolute Gasteiger partial charge is 0.275 e. The molecule has 0 saturated heterocycles. The number of hydrazone groups is 1. The van der Waals surface area contributed by atoms with Gasteiger partial charge in [-0.1, -0.05) is 0 Å². The molecule has 2 aliphatic carbocycles. The molecule has 0 heterocycles. The van der Waals surface area contributed by atoms with E-state index in [1.165, 1.54) is 31.0 Å². The number of amides is 1. The average Bonchev–Trinajstić information content (AvgIpc) is 3.01. The van der Waals surface area contributed by atoms with Crippen molar-refractivity contribution in [2.45, 2.75) is 25.7 Å². The second-order valence-corrected chi connectivity index (χ2v) is 5.33. The van der Waals surface area contributed by atoms with Gasteiger partial charge in [-0.3, -0.25) is 4.79 Å². The quantitative estimate of drug-likeness (QED) is 0.562. The third kappa shape index (κ3) is 2.28. The van der Waals surface area contributed by atoms with Gasteiger partial charge in [0.25, 0.3) is 5.91 Å². The van der Waals surface area contributed by atoms with Crippen LogP contribution in [-0.4, -0.2) is 21.8 Å². The molecule has 5 nitrogen and oxygen atoms in total. The fourth-order valence-corrected chi connectivity index (χ4v) is 3.05. The third-order valence-corrected chi connectivity index (χ3v) is 4.04. The lowest BCUT2D eigenvalue weighted by atomic mass is 9.99. The summed E-state index contributed by atoms with van der Waals surface area (Å²) in [7, 11) is 0. The lowest BCUT2D eigenvalue weighted by Crippen LogP contribution is -2.22. The summed E-state index contributed by atoms with van der Waals surface area (Å²) in [6.45, 7) is 0. The fraction of sp³-hybridized carbons (Fsp3) is 0.429. The second kappa shape index (κ2) is 4.57. The van der Waals surface area contributed by atoms with Gasteiger partial charge in [-0.05, 0) is 55.7 Å². The molecular weight excluding hydrogens is 244 g/mol. The van der Waals surface area contributed by atoms with Gasteiger partial charge in [-0.2, -0.15) is 5.10 Å². The van der Waals surface area contributed by atoms with Crippen LogP contribution in [0.2, 0.25) is 0 Å². The first-order valence-corrected chi connectivity index (χ1v) is 6.52. The van der Waals surface area contributed by atoms with E-state index in [2.05, 4.69) is 10.5 Å². The van der Waals surface area contributed by atoms with Crippen LogP contribution in [0.4, 0.5) is 0 Å². The van der Waals surface area contributed by atoms with E-state index >= 15 is 0 Å². The van der Waals surface area contributed by atoms with Crippen molar-refractivity contribution in [3.05, 3.63) is 23.8 Å². The van der Waals surface area contributed by atoms with Crippen molar-refractivity contribution >= 4 is 11.6 Å². The standard InChI is InChI=1S/C14H16N2O3/c17-10-3-4-13(18)11(7-10)14(19)16-15-12-6-8-1-2-9(12)5-8/h3-4,7-9,17-18H,1-2,5-6H2,(H,16,19)/b15-12-/t8-,9+/m1/s1. The van der Waals surface area contributed by atoms with Crippen LogP contribution in [0, 0.1) is 11.8 Å². The largest absolute Gasteiger partial charge is 0.508 e. The molecule has 1 aromatic carbocycles. The number of phenols is 2. The molecule has 1 amide bonds. The van der Waals surface area contributed by atoms with Crippen molar-refractivity contribution in [2.75, 3.05) is 0 Å². The van der Waals surface area contributed by atoms with Crippen molar-refractivity contribution in [1.82, 2.24) is 5.43 Å². The number of fused-ring (bicyclic) bond motifs is 2. The topological polar surface area (TPSA) is 81.9 Å². The lowest BCUT2D eigenvalue weighted by Gasteiger charge is -2.12. The predicted molar refractivity (Wildman–Crippen MR) is 70.1 cm³/mol. The van der Waals surface area contributed by atoms with Gasteiger partial charge in [0.05, 0.1) is 5.56 Å². The first kappa shape index (κ1) is 12.0. The molecule has 3 N–H and O–H groups in total. The number of aromatic hydroxyl groups is 2. The van der Waals surface area contributed by atoms with Gasteiger partial charge in [0, 0.05) is 5.71 Å². The minimum absolute atomic E-state index is 0.0347. The molecule has 3 rings (SSSR count). The first-order chi connectivity index (χ1) is 9.13. The Bertz CT molecular complexity index is 554. The van der Waals surface area contributed by atoms with Gasteiger partial charge < -0.3 is 10.2 Å². The molecule has 0 aliphatic heterocycles. The van der Waals surface area contributed by atoms with Gasteiger partial charge >= 0.3 is 0 Å². The second-order valence-electron chi connectivity index (χ2n) is 5.33. The number of carbonyl (C=O) groups is 1. The maximum atomic E-state index is 11.9. The highest BCUT2D eigenvalue weighted by molar-refractivity contribution is 5.98. The number of rotatable bonds is 2. The van der Waals surface area contributed by atoms with Crippen molar-refractivity contribution < 1.29 is 15.0 Å². The highest BCUT2D eigenvalue weighted by atomic mass is 16.3.